The third kappa shape index (κ3) is 3.94. The number of carbonyl (C=O) groups is 2. The van der Waals surface area contributed by atoms with Crippen molar-refractivity contribution in [1.29, 1.82) is 0 Å². The maximum absolute atomic E-state index is 13.0. The van der Waals surface area contributed by atoms with E-state index in [1.54, 1.807) is 35.4 Å². The van der Waals surface area contributed by atoms with Gasteiger partial charge in [0, 0.05) is 36.4 Å². The fourth-order valence-corrected chi connectivity index (χ4v) is 3.98. The van der Waals surface area contributed by atoms with E-state index in [0.717, 1.165) is 16.8 Å². The summed E-state index contributed by atoms with van der Waals surface area (Å²) < 4.78 is 1.92. The number of carbonyl (C=O) groups excluding carboxylic acids is 2. The standard InChI is InChI=1S/C24H20ClN5O2/c25-18-7-4-16(5-8-18)14-27-23(31)17-6-9-21-20(13-17)28-22-24(32)29(11-12-30(21)22)15-19-3-1-2-10-26-19/h1-10,13H,11-12,14-15H2,(H,27,31). The molecule has 0 fully saturated rings. The van der Waals surface area contributed by atoms with Crippen LogP contribution in [0.15, 0.2) is 66.9 Å². The summed E-state index contributed by atoms with van der Waals surface area (Å²) in [7, 11) is 0. The van der Waals surface area contributed by atoms with Crippen molar-refractivity contribution in [2.45, 2.75) is 19.6 Å². The van der Waals surface area contributed by atoms with Crippen LogP contribution in [0.5, 0.6) is 0 Å². The van der Waals surface area contributed by atoms with Crippen LogP contribution >= 0.6 is 11.6 Å². The van der Waals surface area contributed by atoms with Gasteiger partial charge in [-0.3, -0.25) is 14.6 Å². The molecule has 4 aromatic rings. The van der Waals surface area contributed by atoms with E-state index < -0.39 is 0 Å². The first-order chi connectivity index (χ1) is 15.6. The molecular formula is C24H20ClN5O2. The molecule has 2 aromatic carbocycles. The van der Waals surface area contributed by atoms with Gasteiger partial charge in [-0.25, -0.2) is 4.98 Å². The Balaban J connectivity index is 1.34. The van der Waals surface area contributed by atoms with E-state index in [9.17, 15) is 9.59 Å². The molecule has 5 rings (SSSR count). The van der Waals surface area contributed by atoms with E-state index in [4.69, 9.17) is 11.6 Å². The average Bonchev–Trinajstić information content (AvgIpc) is 3.20. The van der Waals surface area contributed by atoms with Gasteiger partial charge < -0.3 is 14.8 Å². The van der Waals surface area contributed by atoms with Crippen molar-refractivity contribution in [2.24, 2.45) is 0 Å². The van der Waals surface area contributed by atoms with Gasteiger partial charge in [-0.2, -0.15) is 0 Å². The van der Waals surface area contributed by atoms with Crippen LogP contribution < -0.4 is 5.32 Å². The highest BCUT2D eigenvalue weighted by Crippen LogP contribution is 2.23. The van der Waals surface area contributed by atoms with Gasteiger partial charge in [-0.05, 0) is 48.0 Å². The Morgan fingerprint density at radius 3 is 2.69 bits per heavy atom. The van der Waals surface area contributed by atoms with E-state index in [1.165, 1.54) is 0 Å². The summed E-state index contributed by atoms with van der Waals surface area (Å²) in [6.07, 6.45) is 1.72. The molecule has 0 saturated carbocycles. The SMILES string of the molecule is O=C(NCc1ccc(Cl)cc1)c1ccc2c(c1)nc1n2CCN(Cc2ccccn2)C1=O. The number of hydrogen-bond acceptors (Lipinski definition) is 4. The van der Waals surface area contributed by atoms with Crippen molar-refractivity contribution in [3.63, 3.8) is 0 Å². The Morgan fingerprint density at radius 1 is 1.06 bits per heavy atom. The lowest BCUT2D eigenvalue weighted by atomic mass is 10.1. The van der Waals surface area contributed by atoms with E-state index in [0.29, 0.717) is 48.1 Å². The molecule has 1 aliphatic heterocycles. The molecule has 2 amide bonds. The number of fused-ring (bicyclic) bond motifs is 3. The predicted octanol–water partition coefficient (Wildman–Crippen LogP) is 3.67. The topological polar surface area (TPSA) is 80.1 Å². The molecule has 2 aromatic heterocycles. The molecule has 0 radical (unpaired) electrons. The number of imidazole rings is 1. The van der Waals surface area contributed by atoms with Gasteiger partial charge in [0.05, 0.1) is 23.3 Å². The molecule has 0 unspecified atom stereocenters. The summed E-state index contributed by atoms with van der Waals surface area (Å²) in [5, 5.41) is 3.56. The van der Waals surface area contributed by atoms with Gasteiger partial charge in [0.25, 0.3) is 11.8 Å². The van der Waals surface area contributed by atoms with E-state index in [-0.39, 0.29) is 11.8 Å². The van der Waals surface area contributed by atoms with Gasteiger partial charge in [0.2, 0.25) is 0 Å². The molecular weight excluding hydrogens is 426 g/mol. The lowest BCUT2D eigenvalue weighted by Crippen LogP contribution is -2.40. The van der Waals surface area contributed by atoms with E-state index in [1.807, 2.05) is 41.0 Å². The predicted molar refractivity (Wildman–Crippen MR) is 121 cm³/mol. The summed E-state index contributed by atoms with van der Waals surface area (Å²) in [6.45, 7) is 2.07. The van der Waals surface area contributed by atoms with Crippen molar-refractivity contribution in [2.75, 3.05) is 6.54 Å². The summed E-state index contributed by atoms with van der Waals surface area (Å²) in [5.74, 6) is 0.0590. The van der Waals surface area contributed by atoms with Gasteiger partial charge >= 0.3 is 0 Å². The van der Waals surface area contributed by atoms with Crippen LogP contribution in [-0.2, 0) is 19.6 Å². The number of aromatic nitrogens is 3. The first-order valence-corrected chi connectivity index (χ1v) is 10.7. The molecule has 0 atom stereocenters. The van der Waals surface area contributed by atoms with E-state index in [2.05, 4.69) is 15.3 Å². The van der Waals surface area contributed by atoms with Crippen molar-refractivity contribution >= 4 is 34.4 Å². The maximum atomic E-state index is 13.0. The number of benzene rings is 2. The van der Waals surface area contributed by atoms with Crippen LogP contribution in [-0.4, -0.2) is 37.8 Å². The fraction of sp³-hybridized carbons (Fsp3) is 0.167. The minimum atomic E-state index is -0.198. The van der Waals surface area contributed by atoms with Crippen LogP contribution in [0.2, 0.25) is 5.02 Å². The second-order valence-electron chi connectivity index (χ2n) is 7.65. The van der Waals surface area contributed by atoms with Crippen LogP contribution in [0, 0.1) is 0 Å². The zero-order chi connectivity index (χ0) is 22.1. The summed E-state index contributed by atoms with van der Waals surface area (Å²) in [5.41, 5.74) is 3.77. The van der Waals surface area contributed by atoms with Crippen molar-refractivity contribution in [3.8, 4) is 0 Å². The number of rotatable bonds is 5. The molecule has 8 heteroatoms. The lowest BCUT2D eigenvalue weighted by molar-refractivity contribution is 0.0682. The number of pyridine rings is 1. The smallest absolute Gasteiger partial charge is 0.290 e. The first kappa shape index (κ1) is 20.2. The zero-order valence-electron chi connectivity index (χ0n) is 17.2. The average molecular weight is 446 g/mol. The molecule has 32 heavy (non-hydrogen) atoms. The van der Waals surface area contributed by atoms with Crippen LogP contribution in [0.3, 0.4) is 0 Å². The Bertz CT molecular complexity index is 1300. The number of amides is 2. The third-order valence-corrected chi connectivity index (χ3v) is 5.78. The minimum absolute atomic E-state index is 0.133. The molecule has 0 aliphatic carbocycles. The fourth-order valence-electron chi connectivity index (χ4n) is 3.85. The van der Waals surface area contributed by atoms with Gasteiger partial charge in [0.15, 0.2) is 5.82 Å². The molecule has 1 aliphatic rings. The lowest BCUT2D eigenvalue weighted by Gasteiger charge is -2.27. The molecule has 160 valence electrons. The zero-order valence-corrected chi connectivity index (χ0v) is 17.9. The summed E-state index contributed by atoms with van der Waals surface area (Å²) >= 11 is 5.90. The largest absolute Gasteiger partial charge is 0.348 e. The van der Waals surface area contributed by atoms with Crippen LogP contribution in [0.4, 0.5) is 0 Å². The monoisotopic (exact) mass is 445 g/mol. The number of nitrogens with zero attached hydrogens (tertiary/aromatic N) is 4. The van der Waals surface area contributed by atoms with E-state index >= 15 is 0 Å². The maximum Gasteiger partial charge on any atom is 0.290 e. The molecule has 0 saturated heterocycles. The highest BCUT2D eigenvalue weighted by molar-refractivity contribution is 6.30. The molecule has 0 spiro atoms. The van der Waals surface area contributed by atoms with Gasteiger partial charge in [-0.1, -0.05) is 29.8 Å². The normalized spacial score (nSPS) is 13.3. The highest BCUT2D eigenvalue weighted by Gasteiger charge is 2.28. The van der Waals surface area contributed by atoms with Crippen molar-refractivity contribution in [3.05, 3.63) is 94.5 Å². The van der Waals surface area contributed by atoms with Gasteiger partial charge in [-0.15, -0.1) is 0 Å². The summed E-state index contributed by atoms with van der Waals surface area (Å²) in [4.78, 5) is 36.3. The quantitative estimate of drug-likeness (QED) is 0.508. The number of hydrogen-bond donors (Lipinski definition) is 1. The van der Waals surface area contributed by atoms with Crippen LogP contribution in [0.1, 0.15) is 32.2 Å². The molecule has 7 nitrogen and oxygen atoms in total. The Morgan fingerprint density at radius 2 is 1.91 bits per heavy atom. The molecule has 1 N–H and O–H groups in total. The molecule has 0 bridgehead atoms. The summed E-state index contributed by atoms with van der Waals surface area (Å²) in [6, 6.07) is 18.3. The number of nitrogens with one attached hydrogen (secondary N) is 1. The minimum Gasteiger partial charge on any atom is -0.348 e. The highest BCUT2D eigenvalue weighted by atomic mass is 35.5. The Hall–Kier alpha value is -3.71. The van der Waals surface area contributed by atoms with Crippen molar-refractivity contribution in [1.82, 2.24) is 24.8 Å². The Kier molecular flexibility index (Phi) is 5.33. The first-order valence-electron chi connectivity index (χ1n) is 10.3. The van der Waals surface area contributed by atoms with Gasteiger partial charge in [0.1, 0.15) is 0 Å². The Labute approximate surface area is 189 Å². The second kappa shape index (κ2) is 8.43. The van der Waals surface area contributed by atoms with Crippen molar-refractivity contribution < 1.29 is 9.59 Å². The number of halogens is 1. The second-order valence-corrected chi connectivity index (χ2v) is 8.08. The van der Waals surface area contributed by atoms with Crippen LogP contribution in [0.25, 0.3) is 11.0 Å². The molecule has 3 heterocycles. The third-order valence-electron chi connectivity index (χ3n) is 5.53.